The lowest BCUT2D eigenvalue weighted by molar-refractivity contribution is -0.116. The molecule has 0 amide bonds. The van der Waals surface area contributed by atoms with E-state index in [2.05, 4.69) is 6.07 Å². The number of hydrogen-bond acceptors (Lipinski definition) is 3. The third-order valence-corrected chi connectivity index (χ3v) is 2.86. The molecule has 1 rings (SSSR count). The Bertz CT molecular complexity index is 302. The van der Waals surface area contributed by atoms with Crippen LogP contribution in [0.5, 0.6) is 0 Å². The lowest BCUT2D eigenvalue weighted by atomic mass is 10.1. The predicted molar refractivity (Wildman–Crippen MR) is 54.2 cm³/mol. The van der Waals surface area contributed by atoms with Gasteiger partial charge in [0.25, 0.3) is 0 Å². The molecule has 0 saturated heterocycles. The summed E-state index contributed by atoms with van der Waals surface area (Å²) < 4.78 is 5.03. The standard InChI is InChI=1S/C10H14O2S/c1-7(11)4-9-5-10(6-12-3)13-8(9)2/h5H,4,6H2,1-3H3. The quantitative estimate of drug-likeness (QED) is 0.742. The molecule has 0 N–H and O–H groups in total. The predicted octanol–water partition coefficient (Wildman–Crippen LogP) is 2.33. The summed E-state index contributed by atoms with van der Waals surface area (Å²) in [6.45, 7) is 4.30. The smallest absolute Gasteiger partial charge is 0.134 e. The van der Waals surface area contributed by atoms with Crippen LogP contribution in [0.1, 0.15) is 22.2 Å². The fourth-order valence-corrected chi connectivity index (χ4v) is 2.28. The summed E-state index contributed by atoms with van der Waals surface area (Å²) >= 11 is 1.70. The molecule has 72 valence electrons. The molecule has 0 fully saturated rings. The van der Waals surface area contributed by atoms with Crippen molar-refractivity contribution in [2.75, 3.05) is 7.11 Å². The van der Waals surface area contributed by atoms with Gasteiger partial charge in [0.2, 0.25) is 0 Å². The molecule has 0 radical (unpaired) electrons. The number of methoxy groups -OCH3 is 1. The Morgan fingerprint density at radius 1 is 1.62 bits per heavy atom. The van der Waals surface area contributed by atoms with Crippen molar-refractivity contribution in [3.8, 4) is 0 Å². The van der Waals surface area contributed by atoms with Crippen molar-refractivity contribution in [2.24, 2.45) is 0 Å². The highest BCUT2D eigenvalue weighted by Crippen LogP contribution is 2.22. The molecular weight excluding hydrogens is 184 g/mol. The second-order valence-corrected chi connectivity index (χ2v) is 4.45. The third kappa shape index (κ3) is 2.94. The van der Waals surface area contributed by atoms with Crippen molar-refractivity contribution in [3.63, 3.8) is 0 Å². The summed E-state index contributed by atoms with van der Waals surface area (Å²) in [6, 6.07) is 2.06. The van der Waals surface area contributed by atoms with E-state index in [9.17, 15) is 4.79 Å². The summed E-state index contributed by atoms with van der Waals surface area (Å²) in [6.07, 6.45) is 0.548. The summed E-state index contributed by atoms with van der Waals surface area (Å²) in [5.41, 5.74) is 1.14. The van der Waals surface area contributed by atoms with Crippen molar-refractivity contribution in [1.29, 1.82) is 0 Å². The summed E-state index contributed by atoms with van der Waals surface area (Å²) in [7, 11) is 1.68. The SMILES string of the molecule is COCc1cc(CC(C)=O)c(C)s1. The van der Waals surface area contributed by atoms with E-state index >= 15 is 0 Å². The maximum atomic E-state index is 10.9. The second kappa shape index (κ2) is 4.53. The summed E-state index contributed by atoms with van der Waals surface area (Å²) in [5.74, 6) is 0.213. The Morgan fingerprint density at radius 3 is 2.85 bits per heavy atom. The molecule has 1 heterocycles. The summed E-state index contributed by atoms with van der Waals surface area (Å²) in [4.78, 5) is 13.3. The van der Waals surface area contributed by atoms with E-state index < -0.39 is 0 Å². The van der Waals surface area contributed by atoms with Crippen LogP contribution in [0, 0.1) is 6.92 Å². The molecule has 0 spiro atoms. The first kappa shape index (κ1) is 10.4. The van der Waals surface area contributed by atoms with Gasteiger partial charge in [0.1, 0.15) is 5.78 Å². The van der Waals surface area contributed by atoms with Crippen molar-refractivity contribution >= 4 is 17.1 Å². The van der Waals surface area contributed by atoms with Gasteiger partial charge in [-0.05, 0) is 25.5 Å². The average Bonchev–Trinajstić information content (AvgIpc) is 2.31. The minimum absolute atomic E-state index is 0.213. The number of ketones is 1. The average molecular weight is 198 g/mol. The lowest BCUT2D eigenvalue weighted by Crippen LogP contribution is -1.95. The van der Waals surface area contributed by atoms with E-state index in [0.29, 0.717) is 13.0 Å². The highest BCUT2D eigenvalue weighted by atomic mass is 32.1. The van der Waals surface area contributed by atoms with E-state index in [0.717, 1.165) is 5.56 Å². The molecule has 13 heavy (non-hydrogen) atoms. The first-order chi connectivity index (χ1) is 6.13. The number of thiophene rings is 1. The molecule has 2 nitrogen and oxygen atoms in total. The molecule has 0 unspecified atom stereocenters. The van der Waals surface area contributed by atoms with E-state index in [1.165, 1.54) is 9.75 Å². The number of rotatable bonds is 4. The molecule has 1 aromatic heterocycles. The first-order valence-electron chi connectivity index (χ1n) is 4.20. The second-order valence-electron chi connectivity index (χ2n) is 3.11. The van der Waals surface area contributed by atoms with Crippen LogP contribution in [0.3, 0.4) is 0 Å². The number of carbonyl (C=O) groups excluding carboxylic acids is 1. The Hall–Kier alpha value is -0.670. The summed E-state index contributed by atoms with van der Waals surface area (Å²) in [5, 5.41) is 0. The van der Waals surface area contributed by atoms with E-state index in [-0.39, 0.29) is 5.78 Å². The highest BCUT2D eigenvalue weighted by molar-refractivity contribution is 7.12. The van der Waals surface area contributed by atoms with Gasteiger partial charge in [0.05, 0.1) is 6.61 Å². The molecule has 0 aliphatic heterocycles. The van der Waals surface area contributed by atoms with E-state index in [4.69, 9.17) is 4.74 Å². The Labute approximate surface area is 82.5 Å². The topological polar surface area (TPSA) is 26.3 Å². The van der Waals surface area contributed by atoms with Gasteiger partial charge in [-0.2, -0.15) is 0 Å². The van der Waals surface area contributed by atoms with Crippen molar-refractivity contribution in [2.45, 2.75) is 26.9 Å². The fraction of sp³-hybridized carbons (Fsp3) is 0.500. The molecule has 0 aliphatic rings. The van der Waals surface area contributed by atoms with Gasteiger partial charge >= 0.3 is 0 Å². The maximum absolute atomic E-state index is 10.9. The molecule has 0 aliphatic carbocycles. The van der Waals surface area contributed by atoms with Gasteiger partial charge in [-0.15, -0.1) is 11.3 Å². The van der Waals surface area contributed by atoms with Crippen molar-refractivity contribution in [1.82, 2.24) is 0 Å². The zero-order chi connectivity index (χ0) is 9.84. The molecule has 0 saturated carbocycles. The van der Waals surface area contributed by atoms with Crippen LogP contribution in [0.25, 0.3) is 0 Å². The molecule has 0 bridgehead atoms. The number of ether oxygens (including phenoxy) is 1. The third-order valence-electron chi connectivity index (χ3n) is 1.80. The van der Waals surface area contributed by atoms with Crippen LogP contribution in [-0.4, -0.2) is 12.9 Å². The van der Waals surface area contributed by atoms with Crippen LogP contribution in [-0.2, 0) is 22.6 Å². The Kier molecular flexibility index (Phi) is 3.63. The van der Waals surface area contributed by atoms with Crippen molar-refractivity contribution < 1.29 is 9.53 Å². The maximum Gasteiger partial charge on any atom is 0.134 e. The number of Topliss-reactive ketones (excluding diaryl/α,β-unsaturated/α-hetero) is 1. The Balaban J connectivity index is 2.77. The van der Waals surface area contributed by atoms with Crippen LogP contribution in [0.4, 0.5) is 0 Å². The number of carbonyl (C=O) groups is 1. The number of hydrogen-bond donors (Lipinski definition) is 0. The molecule has 0 atom stereocenters. The van der Waals surface area contributed by atoms with Crippen LogP contribution in [0.2, 0.25) is 0 Å². The van der Waals surface area contributed by atoms with Gasteiger partial charge in [0.15, 0.2) is 0 Å². The minimum Gasteiger partial charge on any atom is -0.379 e. The van der Waals surface area contributed by atoms with Gasteiger partial charge in [0, 0.05) is 23.3 Å². The monoisotopic (exact) mass is 198 g/mol. The fourth-order valence-electron chi connectivity index (χ4n) is 1.24. The van der Waals surface area contributed by atoms with Crippen LogP contribution in [0.15, 0.2) is 6.07 Å². The van der Waals surface area contributed by atoms with Crippen LogP contribution < -0.4 is 0 Å². The highest BCUT2D eigenvalue weighted by Gasteiger charge is 2.06. The van der Waals surface area contributed by atoms with E-state index in [1.807, 2.05) is 6.92 Å². The van der Waals surface area contributed by atoms with Gasteiger partial charge in [-0.25, -0.2) is 0 Å². The van der Waals surface area contributed by atoms with E-state index in [1.54, 1.807) is 25.4 Å². The largest absolute Gasteiger partial charge is 0.379 e. The Morgan fingerprint density at radius 2 is 2.31 bits per heavy atom. The zero-order valence-corrected chi connectivity index (χ0v) is 9.03. The van der Waals surface area contributed by atoms with Crippen molar-refractivity contribution in [3.05, 3.63) is 21.4 Å². The van der Waals surface area contributed by atoms with Gasteiger partial charge < -0.3 is 4.74 Å². The minimum atomic E-state index is 0.213. The first-order valence-corrected chi connectivity index (χ1v) is 5.01. The normalized spacial score (nSPS) is 10.4. The number of aryl methyl sites for hydroxylation is 1. The molecule has 3 heteroatoms. The molecule has 1 aromatic rings. The lowest BCUT2D eigenvalue weighted by Gasteiger charge is -1.92. The molecular formula is C10H14O2S. The van der Waals surface area contributed by atoms with Crippen LogP contribution >= 0.6 is 11.3 Å². The molecule has 0 aromatic carbocycles. The zero-order valence-electron chi connectivity index (χ0n) is 8.22. The van der Waals surface area contributed by atoms with Gasteiger partial charge in [-0.3, -0.25) is 4.79 Å². The van der Waals surface area contributed by atoms with Gasteiger partial charge in [-0.1, -0.05) is 0 Å².